The molecule has 0 aliphatic heterocycles. The highest BCUT2D eigenvalue weighted by Gasteiger charge is 2.19. The molecule has 1 rings (SSSR count). The summed E-state index contributed by atoms with van der Waals surface area (Å²) in [5.41, 5.74) is 5.49. The molecule has 1 aromatic carbocycles. The molecule has 0 fully saturated rings. The molecule has 0 amide bonds. The van der Waals surface area contributed by atoms with Crippen molar-refractivity contribution in [2.45, 2.75) is 11.8 Å². The van der Waals surface area contributed by atoms with E-state index in [9.17, 15) is 12.8 Å². The molecule has 0 unspecified atom stereocenters. The highest BCUT2D eigenvalue weighted by Crippen LogP contribution is 2.18. The molecule has 84 valence electrons. The maximum absolute atomic E-state index is 13.3. The molecule has 0 aliphatic carbocycles. The van der Waals surface area contributed by atoms with E-state index >= 15 is 0 Å². The molecule has 0 bridgehead atoms. The highest BCUT2D eigenvalue weighted by atomic mass is 32.2. The van der Waals surface area contributed by atoms with Gasteiger partial charge in [0.2, 0.25) is 9.84 Å². The summed E-state index contributed by atoms with van der Waals surface area (Å²) < 4.78 is 41.0. The van der Waals surface area contributed by atoms with Crippen LogP contribution in [0.3, 0.4) is 0 Å². The number of ether oxygens (including phenoxy) is 1. The van der Waals surface area contributed by atoms with Gasteiger partial charge in [0, 0.05) is 12.3 Å². The lowest BCUT2D eigenvalue weighted by atomic mass is 10.3. The van der Waals surface area contributed by atoms with Crippen LogP contribution in [0, 0.1) is 5.82 Å². The molecule has 6 heteroatoms. The first kappa shape index (κ1) is 11.9. The zero-order chi connectivity index (χ0) is 11.5. The Morgan fingerprint density at radius 3 is 2.67 bits per heavy atom. The number of nitrogens with two attached hydrogens (primary N) is 1. The molecular weight excluding hydrogens is 221 g/mol. The fourth-order valence-corrected chi connectivity index (χ4v) is 2.17. The fraction of sp³-hybridized carbons (Fsp3) is 0.333. The first-order valence-corrected chi connectivity index (χ1v) is 5.98. The van der Waals surface area contributed by atoms with Gasteiger partial charge in [0.25, 0.3) is 0 Å². The van der Waals surface area contributed by atoms with Crippen molar-refractivity contribution in [1.82, 2.24) is 0 Å². The average Bonchev–Trinajstić information content (AvgIpc) is 2.14. The number of nitrogen functional groups attached to an aromatic ring is 1. The molecule has 2 N–H and O–H groups in total. The van der Waals surface area contributed by atoms with Crippen LogP contribution >= 0.6 is 0 Å². The molecule has 0 aromatic heterocycles. The van der Waals surface area contributed by atoms with Gasteiger partial charge in [-0.05, 0) is 25.1 Å². The van der Waals surface area contributed by atoms with Gasteiger partial charge in [-0.2, -0.15) is 0 Å². The van der Waals surface area contributed by atoms with Crippen LogP contribution in [0.2, 0.25) is 0 Å². The van der Waals surface area contributed by atoms with Crippen LogP contribution in [0.25, 0.3) is 0 Å². The topological polar surface area (TPSA) is 69.4 Å². The Hall–Kier alpha value is -1.14. The van der Waals surface area contributed by atoms with Gasteiger partial charge in [-0.1, -0.05) is 0 Å². The quantitative estimate of drug-likeness (QED) is 0.793. The largest absolute Gasteiger partial charge is 0.399 e. The lowest BCUT2D eigenvalue weighted by molar-refractivity contribution is 0.192. The van der Waals surface area contributed by atoms with Crippen molar-refractivity contribution >= 4 is 15.5 Å². The van der Waals surface area contributed by atoms with Crippen molar-refractivity contribution in [2.75, 3.05) is 18.3 Å². The molecule has 0 heterocycles. The number of hydrogen-bond acceptors (Lipinski definition) is 4. The summed E-state index contributed by atoms with van der Waals surface area (Å²) in [6, 6.07) is 3.44. The number of anilines is 1. The second-order valence-electron chi connectivity index (χ2n) is 2.92. The van der Waals surface area contributed by atoms with Gasteiger partial charge in [0.1, 0.15) is 10.7 Å². The predicted molar refractivity (Wildman–Crippen MR) is 54.5 cm³/mol. The van der Waals surface area contributed by atoms with Crippen molar-refractivity contribution in [3.63, 3.8) is 0 Å². The van der Waals surface area contributed by atoms with Gasteiger partial charge < -0.3 is 10.5 Å². The minimum atomic E-state index is -3.72. The third-order valence-corrected chi connectivity index (χ3v) is 3.21. The van der Waals surface area contributed by atoms with Crippen molar-refractivity contribution in [3.8, 4) is 0 Å². The Kier molecular flexibility index (Phi) is 3.65. The fourth-order valence-electron chi connectivity index (χ4n) is 1.03. The summed E-state index contributed by atoms with van der Waals surface area (Å²) in [4.78, 5) is -0.384. The van der Waals surface area contributed by atoms with E-state index in [-0.39, 0.29) is 17.2 Å². The van der Waals surface area contributed by atoms with Gasteiger partial charge in [-0.3, -0.25) is 0 Å². The molecule has 0 atom stereocenters. The van der Waals surface area contributed by atoms with Crippen LogP contribution in [-0.2, 0) is 14.6 Å². The first-order valence-electron chi connectivity index (χ1n) is 4.33. The smallest absolute Gasteiger partial charge is 0.205 e. The minimum Gasteiger partial charge on any atom is -0.399 e. The predicted octanol–water partition coefficient (Wildman–Crippen LogP) is 1.18. The monoisotopic (exact) mass is 233 g/mol. The van der Waals surface area contributed by atoms with Gasteiger partial charge in [0.15, 0.2) is 5.94 Å². The number of halogens is 1. The summed E-state index contributed by atoms with van der Waals surface area (Å²) in [6.45, 7) is 1.92. The Labute approximate surface area is 87.8 Å². The summed E-state index contributed by atoms with van der Waals surface area (Å²) in [7, 11) is -3.72. The van der Waals surface area contributed by atoms with Gasteiger partial charge in [0.05, 0.1) is 0 Å². The highest BCUT2D eigenvalue weighted by molar-refractivity contribution is 7.91. The van der Waals surface area contributed by atoms with Crippen LogP contribution in [0.1, 0.15) is 6.92 Å². The Balaban J connectivity index is 3.05. The summed E-state index contributed by atoms with van der Waals surface area (Å²) in [5, 5.41) is 0. The van der Waals surface area contributed by atoms with Crippen LogP contribution < -0.4 is 5.73 Å². The zero-order valence-corrected chi connectivity index (χ0v) is 9.05. The zero-order valence-electron chi connectivity index (χ0n) is 8.23. The summed E-state index contributed by atoms with van der Waals surface area (Å²) in [5.74, 6) is -1.38. The molecule has 4 nitrogen and oxygen atoms in total. The molecule has 0 radical (unpaired) electrons. The van der Waals surface area contributed by atoms with Gasteiger partial charge in [-0.15, -0.1) is 0 Å². The number of rotatable bonds is 4. The number of sulfone groups is 1. The van der Waals surface area contributed by atoms with E-state index in [0.29, 0.717) is 0 Å². The molecule has 15 heavy (non-hydrogen) atoms. The minimum absolute atomic E-state index is 0.183. The van der Waals surface area contributed by atoms with E-state index < -0.39 is 21.6 Å². The lowest BCUT2D eigenvalue weighted by Crippen LogP contribution is -2.11. The maximum Gasteiger partial charge on any atom is 0.205 e. The second-order valence-corrected chi connectivity index (χ2v) is 4.82. The molecule has 0 saturated carbocycles. The van der Waals surface area contributed by atoms with Crippen LogP contribution in [-0.4, -0.2) is 21.0 Å². The molecule has 0 spiro atoms. The molecule has 1 aromatic rings. The average molecular weight is 233 g/mol. The summed E-state index contributed by atoms with van der Waals surface area (Å²) >= 11 is 0. The van der Waals surface area contributed by atoms with E-state index in [2.05, 4.69) is 0 Å². The molecule has 0 aliphatic rings. The molecule has 0 saturated heterocycles. The van der Waals surface area contributed by atoms with Crippen molar-refractivity contribution in [3.05, 3.63) is 24.0 Å². The van der Waals surface area contributed by atoms with Crippen molar-refractivity contribution < 1.29 is 17.5 Å². The lowest BCUT2D eigenvalue weighted by Gasteiger charge is -2.05. The number of hydrogen-bond donors (Lipinski definition) is 1. The van der Waals surface area contributed by atoms with Gasteiger partial charge >= 0.3 is 0 Å². The Bertz CT molecular complexity index is 445. The normalized spacial score (nSPS) is 11.6. The van der Waals surface area contributed by atoms with Crippen molar-refractivity contribution in [2.24, 2.45) is 0 Å². The van der Waals surface area contributed by atoms with E-state index in [0.717, 1.165) is 12.1 Å². The van der Waals surface area contributed by atoms with Crippen molar-refractivity contribution in [1.29, 1.82) is 0 Å². The molecular formula is C9H12FNO3S. The maximum atomic E-state index is 13.3. The number of benzene rings is 1. The van der Waals surface area contributed by atoms with E-state index in [4.69, 9.17) is 10.5 Å². The summed E-state index contributed by atoms with van der Waals surface area (Å²) in [6.07, 6.45) is 0. The Morgan fingerprint density at radius 2 is 2.13 bits per heavy atom. The van der Waals surface area contributed by atoms with Crippen LogP contribution in [0.15, 0.2) is 23.1 Å². The first-order chi connectivity index (χ1) is 6.97. The second kappa shape index (κ2) is 4.59. The third-order valence-electron chi connectivity index (χ3n) is 1.73. The Morgan fingerprint density at radius 1 is 1.47 bits per heavy atom. The van der Waals surface area contributed by atoms with E-state index in [1.165, 1.54) is 6.07 Å². The third kappa shape index (κ3) is 2.90. The van der Waals surface area contributed by atoms with Crippen LogP contribution in [0.5, 0.6) is 0 Å². The van der Waals surface area contributed by atoms with Crippen LogP contribution in [0.4, 0.5) is 10.1 Å². The van der Waals surface area contributed by atoms with Gasteiger partial charge in [-0.25, -0.2) is 12.8 Å². The standard InChI is InChI=1S/C9H12FNO3S/c1-2-14-6-15(12,13)9-4-3-7(11)5-8(9)10/h3-5H,2,6,11H2,1H3. The van der Waals surface area contributed by atoms with E-state index in [1.807, 2.05) is 0 Å². The van der Waals surface area contributed by atoms with E-state index in [1.54, 1.807) is 6.92 Å². The SMILES string of the molecule is CCOCS(=O)(=O)c1ccc(N)cc1F.